The third-order valence-corrected chi connectivity index (χ3v) is 2.69. The molecule has 0 bridgehead atoms. The Balaban J connectivity index is 4.14. The number of ether oxygens (including phenoxy) is 1. The molecule has 0 spiro atoms. The number of nitrogens with zero attached hydrogens (tertiary/aromatic N) is 1. The molecule has 1 atom stereocenters. The summed E-state index contributed by atoms with van der Waals surface area (Å²) in [5.74, 6) is -1.02. The van der Waals surface area contributed by atoms with Crippen LogP contribution in [0.25, 0.3) is 0 Å². The van der Waals surface area contributed by atoms with Crippen LogP contribution in [0.1, 0.15) is 25.7 Å². The third kappa shape index (κ3) is 8.20. The number of carboxylic acids is 1. The van der Waals surface area contributed by atoms with Crippen LogP contribution >= 0.6 is 0 Å². The van der Waals surface area contributed by atoms with Gasteiger partial charge in [0.05, 0.1) is 0 Å². The van der Waals surface area contributed by atoms with Crippen molar-refractivity contribution in [3.05, 3.63) is 12.7 Å². The summed E-state index contributed by atoms with van der Waals surface area (Å²) in [5, 5.41) is 11.5. The number of hydrogen-bond acceptors (Lipinski definition) is 3. The van der Waals surface area contributed by atoms with Gasteiger partial charge in [-0.1, -0.05) is 6.08 Å². The monoisotopic (exact) mass is 272 g/mol. The molecule has 0 aromatic heterocycles. The molecule has 0 aromatic rings. The lowest BCUT2D eigenvalue weighted by Gasteiger charge is -2.21. The van der Waals surface area contributed by atoms with Crippen LogP contribution in [0.5, 0.6) is 0 Å². The molecule has 0 heterocycles. The van der Waals surface area contributed by atoms with Crippen molar-refractivity contribution in [3.8, 4) is 0 Å². The summed E-state index contributed by atoms with van der Waals surface area (Å²) in [4.78, 5) is 24.3. The van der Waals surface area contributed by atoms with Crippen molar-refractivity contribution in [2.24, 2.45) is 0 Å². The number of amides is 2. The Labute approximate surface area is 114 Å². The standard InChI is InChI=1S/C13H24N2O4/c1-4-5-6-9-15(2)13(18)14-11(12(16)17)8-7-10-19-3/h4,11H,1,5-10H2,2-3H3,(H,14,18)(H,16,17). The Kier molecular flexibility index (Phi) is 9.52. The van der Waals surface area contributed by atoms with E-state index < -0.39 is 12.0 Å². The van der Waals surface area contributed by atoms with Crippen LogP contribution in [0.2, 0.25) is 0 Å². The van der Waals surface area contributed by atoms with Crippen LogP contribution < -0.4 is 5.32 Å². The molecular weight excluding hydrogens is 248 g/mol. The van der Waals surface area contributed by atoms with Gasteiger partial charge in [0.15, 0.2) is 0 Å². The van der Waals surface area contributed by atoms with Crippen LogP contribution in [0.4, 0.5) is 4.79 Å². The minimum atomic E-state index is -1.02. The van der Waals surface area contributed by atoms with Gasteiger partial charge in [-0.2, -0.15) is 0 Å². The highest BCUT2D eigenvalue weighted by atomic mass is 16.5. The molecule has 19 heavy (non-hydrogen) atoms. The first-order valence-corrected chi connectivity index (χ1v) is 6.37. The van der Waals surface area contributed by atoms with E-state index >= 15 is 0 Å². The Morgan fingerprint density at radius 2 is 2.16 bits per heavy atom. The zero-order chi connectivity index (χ0) is 14.7. The van der Waals surface area contributed by atoms with E-state index in [0.717, 1.165) is 12.8 Å². The van der Waals surface area contributed by atoms with Gasteiger partial charge in [0.2, 0.25) is 0 Å². The van der Waals surface area contributed by atoms with Crippen molar-refractivity contribution in [2.45, 2.75) is 31.7 Å². The first-order chi connectivity index (χ1) is 9.02. The number of methoxy groups -OCH3 is 1. The quantitative estimate of drug-likeness (QED) is 0.466. The second-order valence-corrected chi connectivity index (χ2v) is 4.33. The van der Waals surface area contributed by atoms with Crippen LogP contribution in [0, 0.1) is 0 Å². The molecule has 0 saturated heterocycles. The highest BCUT2D eigenvalue weighted by molar-refractivity contribution is 5.82. The molecule has 110 valence electrons. The largest absolute Gasteiger partial charge is 0.480 e. The number of urea groups is 1. The predicted molar refractivity (Wildman–Crippen MR) is 73.1 cm³/mol. The molecule has 6 nitrogen and oxygen atoms in total. The second kappa shape index (κ2) is 10.4. The van der Waals surface area contributed by atoms with Gasteiger partial charge in [-0.3, -0.25) is 0 Å². The van der Waals surface area contributed by atoms with E-state index in [1.165, 1.54) is 4.90 Å². The molecule has 0 aliphatic rings. The molecule has 1 unspecified atom stereocenters. The van der Waals surface area contributed by atoms with Gasteiger partial charge >= 0.3 is 12.0 Å². The molecule has 0 fully saturated rings. The van der Waals surface area contributed by atoms with Crippen molar-refractivity contribution in [1.82, 2.24) is 10.2 Å². The highest BCUT2D eigenvalue weighted by Crippen LogP contribution is 2.00. The lowest BCUT2D eigenvalue weighted by atomic mass is 10.1. The molecule has 0 saturated carbocycles. The molecule has 0 aliphatic carbocycles. The van der Waals surface area contributed by atoms with Gasteiger partial charge in [0, 0.05) is 27.3 Å². The van der Waals surface area contributed by atoms with E-state index in [0.29, 0.717) is 26.0 Å². The predicted octanol–water partition coefficient (Wildman–Crippen LogP) is 1.47. The number of carboxylic acid groups (broad SMARTS) is 1. The maximum Gasteiger partial charge on any atom is 0.326 e. The van der Waals surface area contributed by atoms with E-state index in [1.807, 2.05) is 0 Å². The summed E-state index contributed by atoms with van der Waals surface area (Å²) >= 11 is 0. The van der Waals surface area contributed by atoms with Gasteiger partial charge in [0.1, 0.15) is 6.04 Å². The van der Waals surface area contributed by atoms with Gasteiger partial charge in [-0.25, -0.2) is 9.59 Å². The summed E-state index contributed by atoms with van der Waals surface area (Å²) in [6, 6.07) is -1.24. The van der Waals surface area contributed by atoms with Crippen LogP contribution in [-0.2, 0) is 9.53 Å². The molecule has 0 rings (SSSR count). The van der Waals surface area contributed by atoms with E-state index in [-0.39, 0.29) is 6.03 Å². The first kappa shape index (κ1) is 17.4. The minimum Gasteiger partial charge on any atom is -0.480 e. The lowest BCUT2D eigenvalue weighted by molar-refractivity contribution is -0.139. The van der Waals surface area contributed by atoms with Gasteiger partial charge < -0.3 is 20.1 Å². The summed E-state index contributed by atoms with van der Waals surface area (Å²) in [7, 11) is 3.20. The summed E-state index contributed by atoms with van der Waals surface area (Å²) in [6.07, 6.45) is 4.38. The number of allylic oxidation sites excluding steroid dienone is 1. The zero-order valence-corrected chi connectivity index (χ0v) is 11.7. The second-order valence-electron chi connectivity index (χ2n) is 4.33. The van der Waals surface area contributed by atoms with Gasteiger partial charge in [-0.15, -0.1) is 6.58 Å². The fourth-order valence-electron chi connectivity index (χ4n) is 1.52. The van der Waals surface area contributed by atoms with Crippen LogP contribution in [0.3, 0.4) is 0 Å². The Morgan fingerprint density at radius 3 is 2.68 bits per heavy atom. The molecular formula is C13H24N2O4. The average Bonchev–Trinajstić information content (AvgIpc) is 2.37. The fraction of sp³-hybridized carbons (Fsp3) is 0.692. The van der Waals surface area contributed by atoms with Crippen molar-refractivity contribution >= 4 is 12.0 Å². The van der Waals surface area contributed by atoms with Crippen molar-refractivity contribution < 1.29 is 19.4 Å². The topological polar surface area (TPSA) is 78.9 Å². The summed E-state index contributed by atoms with van der Waals surface area (Å²) in [6.45, 7) is 4.66. The highest BCUT2D eigenvalue weighted by Gasteiger charge is 2.20. The molecule has 2 amide bonds. The molecule has 2 N–H and O–H groups in total. The maximum absolute atomic E-state index is 11.8. The van der Waals surface area contributed by atoms with E-state index in [9.17, 15) is 9.59 Å². The maximum atomic E-state index is 11.8. The van der Waals surface area contributed by atoms with Crippen molar-refractivity contribution in [1.29, 1.82) is 0 Å². The molecule has 0 aromatic carbocycles. The van der Waals surface area contributed by atoms with Crippen LogP contribution in [-0.4, -0.2) is 55.4 Å². The summed E-state index contributed by atoms with van der Waals surface area (Å²) < 4.78 is 4.86. The van der Waals surface area contributed by atoms with E-state index in [4.69, 9.17) is 9.84 Å². The third-order valence-electron chi connectivity index (χ3n) is 2.69. The Morgan fingerprint density at radius 1 is 1.47 bits per heavy atom. The van der Waals surface area contributed by atoms with E-state index in [2.05, 4.69) is 11.9 Å². The smallest absolute Gasteiger partial charge is 0.326 e. The Bertz CT molecular complexity index is 294. The van der Waals surface area contributed by atoms with E-state index in [1.54, 1.807) is 20.2 Å². The zero-order valence-electron chi connectivity index (χ0n) is 11.7. The fourth-order valence-corrected chi connectivity index (χ4v) is 1.52. The van der Waals surface area contributed by atoms with Gasteiger partial charge in [0.25, 0.3) is 0 Å². The number of carbonyl (C=O) groups excluding carboxylic acids is 1. The SMILES string of the molecule is C=CCCCN(C)C(=O)NC(CCCOC)C(=O)O. The normalized spacial score (nSPS) is 11.7. The molecule has 0 aliphatic heterocycles. The number of rotatable bonds is 10. The molecule has 0 radical (unpaired) electrons. The number of unbranched alkanes of at least 4 members (excludes halogenated alkanes) is 1. The van der Waals surface area contributed by atoms with Crippen molar-refractivity contribution in [2.75, 3.05) is 27.3 Å². The molecule has 6 heteroatoms. The van der Waals surface area contributed by atoms with Gasteiger partial charge in [-0.05, 0) is 25.7 Å². The number of nitrogens with one attached hydrogen (secondary N) is 1. The number of carbonyl (C=O) groups is 2. The first-order valence-electron chi connectivity index (χ1n) is 6.37. The Hall–Kier alpha value is -1.56. The average molecular weight is 272 g/mol. The number of hydrogen-bond donors (Lipinski definition) is 2. The van der Waals surface area contributed by atoms with Crippen LogP contribution in [0.15, 0.2) is 12.7 Å². The van der Waals surface area contributed by atoms with Crippen molar-refractivity contribution in [3.63, 3.8) is 0 Å². The summed E-state index contributed by atoms with van der Waals surface area (Å²) in [5.41, 5.74) is 0. The number of aliphatic carboxylic acids is 1. The lowest BCUT2D eigenvalue weighted by Crippen LogP contribution is -2.47. The minimum absolute atomic E-state index is 0.357.